The molecule has 0 heterocycles. The molecule has 1 N–H and O–H groups in total. The number of halogens is 2. The Morgan fingerprint density at radius 3 is 1.73 bits per heavy atom. The molecule has 0 radical (unpaired) electrons. The van der Waals surface area contributed by atoms with Crippen molar-refractivity contribution in [2.45, 2.75) is 72.1 Å². The second kappa shape index (κ2) is 10.1. The molecule has 2 aliphatic carbocycles. The predicted molar refractivity (Wildman–Crippen MR) is 101 cm³/mol. The first-order valence-electron chi connectivity index (χ1n) is 10.2. The summed E-state index contributed by atoms with van der Waals surface area (Å²) in [6, 6.07) is 2.22. The van der Waals surface area contributed by atoms with Gasteiger partial charge in [0.15, 0.2) is 11.5 Å². The minimum atomic E-state index is -1.28. The summed E-state index contributed by atoms with van der Waals surface area (Å²) < 4.78 is 30.1. The van der Waals surface area contributed by atoms with Gasteiger partial charge in [-0.1, -0.05) is 39.5 Å². The highest BCUT2D eigenvalue weighted by molar-refractivity contribution is 5.33. The van der Waals surface area contributed by atoms with Crippen LogP contribution in [0.15, 0.2) is 12.1 Å². The third-order valence-corrected chi connectivity index (χ3v) is 6.11. The lowest BCUT2D eigenvalue weighted by Gasteiger charge is -2.36. The van der Waals surface area contributed by atoms with E-state index in [1.807, 2.05) is 0 Å². The molecule has 0 bridgehead atoms. The number of rotatable bonds is 3. The van der Waals surface area contributed by atoms with Gasteiger partial charge >= 0.3 is 0 Å². The molecule has 0 atom stereocenters. The molecular weight excluding hydrogens is 334 g/mol. The molecular formula is C22H34F2O2. The summed E-state index contributed by atoms with van der Waals surface area (Å²) >= 11 is 0. The number of hydrogen-bond donors (Lipinski definition) is 1. The molecule has 148 valence electrons. The third-order valence-electron chi connectivity index (χ3n) is 6.11. The molecule has 0 unspecified atom stereocenters. The molecule has 0 aromatic heterocycles. The number of phenols is 1. The van der Waals surface area contributed by atoms with Crippen molar-refractivity contribution in [3.8, 4) is 11.5 Å². The number of aromatic hydroxyl groups is 1. The van der Waals surface area contributed by atoms with Crippen LogP contribution in [-0.2, 0) is 0 Å². The summed E-state index contributed by atoms with van der Waals surface area (Å²) in [5, 5.41) is 8.72. The summed E-state index contributed by atoms with van der Waals surface area (Å²) in [5.74, 6) is 0.932. The molecule has 0 saturated heterocycles. The average molecular weight is 369 g/mol. The van der Waals surface area contributed by atoms with E-state index in [0.29, 0.717) is 0 Å². The van der Waals surface area contributed by atoms with Gasteiger partial charge in [-0.3, -0.25) is 0 Å². The highest BCUT2D eigenvalue weighted by atomic mass is 19.2. The van der Waals surface area contributed by atoms with E-state index in [1.54, 1.807) is 32.6 Å². The summed E-state index contributed by atoms with van der Waals surface area (Å²) in [4.78, 5) is 0. The first-order valence-corrected chi connectivity index (χ1v) is 10.2. The van der Waals surface area contributed by atoms with E-state index in [2.05, 4.69) is 13.8 Å². The SMILES string of the molecule is CC1CCC(C2CCC(C)CC2)CC1.CCOc1ccc(O)c(F)c1F. The second-order valence-electron chi connectivity index (χ2n) is 8.18. The van der Waals surface area contributed by atoms with E-state index in [-0.39, 0.29) is 12.4 Å². The quantitative estimate of drug-likeness (QED) is 0.642. The van der Waals surface area contributed by atoms with Crippen molar-refractivity contribution in [3.63, 3.8) is 0 Å². The zero-order valence-corrected chi connectivity index (χ0v) is 16.4. The van der Waals surface area contributed by atoms with E-state index in [4.69, 9.17) is 9.84 Å². The van der Waals surface area contributed by atoms with Gasteiger partial charge < -0.3 is 9.84 Å². The Morgan fingerprint density at radius 1 is 0.846 bits per heavy atom. The van der Waals surface area contributed by atoms with Crippen LogP contribution in [0.3, 0.4) is 0 Å². The topological polar surface area (TPSA) is 29.5 Å². The highest BCUT2D eigenvalue weighted by Crippen LogP contribution is 2.40. The Kier molecular flexibility index (Phi) is 8.17. The molecule has 0 spiro atoms. The maximum Gasteiger partial charge on any atom is 0.204 e. The molecule has 1 aromatic rings. The van der Waals surface area contributed by atoms with Gasteiger partial charge in [-0.15, -0.1) is 0 Å². The minimum Gasteiger partial charge on any atom is -0.505 e. The van der Waals surface area contributed by atoms with Crippen molar-refractivity contribution in [3.05, 3.63) is 23.8 Å². The van der Waals surface area contributed by atoms with Crippen LogP contribution >= 0.6 is 0 Å². The Morgan fingerprint density at radius 2 is 1.31 bits per heavy atom. The van der Waals surface area contributed by atoms with Crippen molar-refractivity contribution < 1.29 is 18.6 Å². The lowest BCUT2D eigenvalue weighted by Crippen LogP contribution is -2.24. The summed E-state index contributed by atoms with van der Waals surface area (Å²) in [7, 11) is 0. The standard InChI is InChI=1S/C14H26.C8H8F2O2/c1-11-3-7-13(8-4-11)14-9-5-12(2)6-10-14;1-2-12-6-4-3-5(11)7(9)8(6)10/h11-14H,3-10H2,1-2H3;3-4,11H,2H2,1H3. The first kappa shape index (κ1) is 21.0. The molecule has 3 rings (SSSR count). The number of hydrogen-bond acceptors (Lipinski definition) is 2. The highest BCUT2D eigenvalue weighted by Gasteiger charge is 2.28. The molecule has 2 fully saturated rings. The van der Waals surface area contributed by atoms with Gasteiger partial charge in [0, 0.05) is 0 Å². The zero-order chi connectivity index (χ0) is 19.1. The van der Waals surface area contributed by atoms with Crippen molar-refractivity contribution in [2.24, 2.45) is 23.7 Å². The number of ether oxygens (including phenoxy) is 1. The monoisotopic (exact) mass is 368 g/mol. The Hall–Kier alpha value is -1.32. The number of benzene rings is 1. The molecule has 0 amide bonds. The average Bonchev–Trinajstić information content (AvgIpc) is 2.64. The van der Waals surface area contributed by atoms with Crippen molar-refractivity contribution in [1.82, 2.24) is 0 Å². The lowest BCUT2D eigenvalue weighted by molar-refractivity contribution is 0.155. The molecule has 2 saturated carbocycles. The fraction of sp³-hybridized carbons (Fsp3) is 0.727. The van der Waals surface area contributed by atoms with Gasteiger partial charge in [0.05, 0.1) is 6.61 Å². The van der Waals surface area contributed by atoms with Gasteiger partial charge in [-0.05, 0) is 68.4 Å². The second-order valence-corrected chi connectivity index (χ2v) is 8.18. The van der Waals surface area contributed by atoms with Gasteiger partial charge in [-0.2, -0.15) is 8.78 Å². The lowest BCUT2D eigenvalue weighted by atomic mass is 9.70. The molecule has 26 heavy (non-hydrogen) atoms. The number of phenolic OH excluding ortho intramolecular Hbond substituents is 1. The van der Waals surface area contributed by atoms with E-state index >= 15 is 0 Å². The van der Waals surface area contributed by atoms with Crippen LogP contribution in [0.4, 0.5) is 8.78 Å². The fourth-order valence-electron chi connectivity index (χ4n) is 4.30. The molecule has 0 aliphatic heterocycles. The van der Waals surface area contributed by atoms with Crippen LogP contribution < -0.4 is 4.74 Å². The van der Waals surface area contributed by atoms with Crippen molar-refractivity contribution >= 4 is 0 Å². The fourth-order valence-corrected chi connectivity index (χ4v) is 4.30. The van der Waals surface area contributed by atoms with Crippen LogP contribution in [-0.4, -0.2) is 11.7 Å². The molecule has 2 nitrogen and oxygen atoms in total. The van der Waals surface area contributed by atoms with Crippen LogP contribution in [0.25, 0.3) is 0 Å². The predicted octanol–water partition coefficient (Wildman–Crippen LogP) is 6.71. The summed E-state index contributed by atoms with van der Waals surface area (Å²) in [6.07, 6.45) is 12.2. The van der Waals surface area contributed by atoms with Gasteiger partial charge in [-0.25, -0.2) is 0 Å². The smallest absolute Gasteiger partial charge is 0.204 e. The van der Waals surface area contributed by atoms with Crippen LogP contribution in [0, 0.1) is 35.3 Å². The normalized spacial score (nSPS) is 28.8. The Balaban J connectivity index is 0.000000190. The van der Waals surface area contributed by atoms with E-state index < -0.39 is 17.4 Å². The Labute approximate surface area is 157 Å². The largest absolute Gasteiger partial charge is 0.505 e. The van der Waals surface area contributed by atoms with Crippen LogP contribution in [0.2, 0.25) is 0 Å². The molecule has 2 aliphatic rings. The first-order chi connectivity index (χ1) is 12.4. The molecule has 1 aromatic carbocycles. The zero-order valence-electron chi connectivity index (χ0n) is 16.4. The van der Waals surface area contributed by atoms with Crippen molar-refractivity contribution in [1.29, 1.82) is 0 Å². The molecule has 4 heteroatoms. The van der Waals surface area contributed by atoms with Crippen molar-refractivity contribution in [2.75, 3.05) is 6.61 Å². The van der Waals surface area contributed by atoms with Gasteiger partial charge in [0.25, 0.3) is 0 Å². The summed E-state index contributed by atoms with van der Waals surface area (Å²) in [6.45, 7) is 6.77. The van der Waals surface area contributed by atoms with Gasteiger partial charge in [0.1, 0.15) is 0 Å². The van der Waals surface area contributed by atoms with Crippen LogP contribution in [0.5, 0.6) is 11.5 Å². The maximum absolute atomic E-state index is 12.8. The van der Waals surface area contributed by atoms with Gasteiger partial charge in [0.2, 0.25) is 11.6 Å². The van der Waals surface area contributed by atoms with E-state index in [0.717, 1.165) is 29.7 Å². The van der Waals surface area contributed by atoms with Crippen LogP contribution in [0.1, 0.15) is 72.1 Å². The summed E-state index contributed by atoms with van der Waals surface area (Å²) in [5.41, 5.74) is 0. The van der Waals surface area contributed by atoms with E-state index in [9.17, 15) is 8.78 Å². The minimum absolute atomic E-state index is 0.187. The maximum atomic E-state index is 12.8. The van der Waals surface area contributed by atoms with E-state index in [1.165, 1.54) is 31.7 Å². The third kappa shape index (κ3) is 5.85. The Bertz CT molecular complexity index is 525.